The van der Waals surface area contributed by atoms with Crippen LogP contribution in [0.1, 0.15) is 0 Å². The number of nitrogens with two attached hydrogens (primary N) is 1. The van der Waals surface area contributed by atoms with E-state index in [1.807, 2.05) is 0 Å². The Labute approximate surface area is 96.1 Å². The summed E-state index contributed by atoms with van der Waals surface area (Å²) in [4.78, 5) is 21.7. The first-order chi connectivity index (χ1) is 8.09. The molecular formula is C11H9N3O3. The summed E-state index contributed by atoms with van der Waals surface area (Å²) in [6, 6.07) is 8.82. The highest BCUT2D eigenvalue weighted by atomic mass is 16.6. The van der Waals surface area contributed by atoms with E-state index in [1.165, 1.54) is 34.9 Å². The molecule has 1 heterocycles. The molecule has 0 saturated carbocycles. The standard InChI is InChI=1S/C11H9N3O3/c12-10-2-1-7-13(11(10)15)8-3-5-9(6-4-8)14(16)17/h1-7H,12H2. The first-order valence-corrected chi connectivity index (χ1v) is 4.81. The number of benzene rings is 1. The molecule has 0 amide bonds. The Balaban J connectivity index is 2.51. The molecular weight excluding hydrogens is 222 g/mol. The summed E-state index contributed by atoms with van der Waals surface area (Å²) >= 11 is 0. The highest BCUT2D eigenvalue weighted by Crippen LogP contribution is 2.14. The maximum atomic E-state index is 11.7. The van der Waals surface area contributed by atoms with Crippen LogP contribution in [0.2, 0.25) is 0 Å². The summed E-state index contributed by atoms with van der Waals surface area (Å²) in [5, 5.41) is 10.5. The third kappa shape index (κ3) is 2.00. The summed E-state index contributed by atoms with van der Waals surface area (Å²) in [6.45, 7) is 0. The highest BCUT2D eigenvalue weighted by molar-refractivity contribution is 5.44. The van der Waals surface area contributed by atoms with Gasteiger partial charge in [-0.15, -0.1) is 0 Å². The number of non-ortho nitro benzene ring substituents is 1. The van der Waals surface area contributed by atoms with Crippen LogP contribution in [-0.2, 0) is 0 Å². The van der Waals surface area contributed by atoms with Crippen molar-refractivity contribution in [2.45, 2.75) is 0 Å². The third-order valence-corrected chi connectivity index (χ3v) is 2.32. The second-order valence-electron chi connectivity index (χ2n) is 3.41. The molecule has 0 saturated heterocycles. The molecule has 6 nitrogen and oxygen atoms in total. The van der Waals surface area contributed by atoms with Gasteiger partial charge in [-0.3, -0.25) is 19.5 Å². The number of pyridine rings is 1. The Morgan fingerprint density at radius 3 is 2.41 bits per heavy atom. The normalized spacial score (nSPS) is 10.1. The molecule has 0 unspecified atom stereocenters. The number of nitro groups is 1. The van der Waals surface area contributed by atoms with Crippen LogP contribution < -0.4 is 11.3 Å². The molecule has 0 aliphatic rings. The Bertz CT molecular complexity index is 617. The summed E-state index contributed by atoms with van der Waals surface area (Å²) in [5.74, 6) is 0. The second kappa shape index (κ2) is 4.09. The zero-order valence-electron chi connectivity index (χ0n) is 8.74. The van der Waals surface area contributed by atoms with Crippen LogP contribution in [0.25, 0.3) is 5.69 Å². The van der Waals surface area contributed by atoms with Crippen LogP contribution in [0.15, 0.2) is 47.4 Å². The predicted octanol–water partition coefficient (Wildman–Crippen LogP) is 1.33. The molecule has 0 spiro atoms. The third-order valence-electron chi connectivity index (χ3n) is 2.32. The molecule has 2 N–H and O–H groups in total. The van der Waals surface area contributed by atoms with Crippen LogP contribution in [0, 0.1) is 10.1 Å². The van der Waals surface area contributed by atoms with Gasteiger partial charge in [-0.25, -0.2) is 0 Å². The van der Waals surface area contributed by atoms with Gasteiger partial charge in [0.25, 0.3) is 11.2 Å². The van der Waals surface area contributed by atoms with Gasteiger partial charge in [-0.1, -0.05) is 0 Å². The Morgan fingerprint density at radius 1 is 1.18 bits per heavy atom. The predicted molar refractivity (Wildman–Crippen MR) is 63.1 cm³/mol. The van der Waals surface area contributed by atoms with E-state index in [0.29, 0.717) is 5.69 Å². The molecule has 86 valence electrons. The van der Waals surface area contributed by atoms with Crippen molar-refractivity contribution in [3.63, 3.8) is 0 Å². The molecule has 0 bridgehead atoms. The van der Waals surface area contributed by atoms with Crippen molar-refractivity contribution in [3.05, 3.63) is 63.1 Å². The molecule has 0 aliphatic heterocycles. The van der Waals surface area contributed by atoms with Crippen molar-refractivity contribution in [2.75, 3.05) is 5.73 Å². The number of hydrogen-bond acceptors (Lipinski definition) is 4. The van der Waals surface area contributed by atoms with Gasteiger partial charge in [-0.05, 0) is 24.3 Å². The maximum Gasteiger partial charge on any atom is 0.278 e. The lowest BCUT2D eigenvalue weighted by molar-refractivity contribution is -0.384. The number of hydrogen-bond donors (Lipinski definition) is 1. The van der Waals surface area contributed by atoms with E-state index in [-0.39, 0.29) is 16.9 Å². The quantitative estimate of drug-likeness (QED) is 0.623. The molecule has 2 aromatic rings. The summed E-state index contributed by atoms with van der Waals surface area (Å²) in [5.41, 5.74) is 5.79. The summed E-state index contributed by atoms with van der Waals surface area (Å²) in [6.07, 6.45) is 1.56. The monoisotopic (exact) mass is 231 g/mol. The lowest BCUT2D eigenvalue weighted by atomic mass is 10.2. The van der Waals surface area contributed by atoms with E-state index >= 15 is 0 Å². The van der Waals surface area contributed by atoms with Crippen LogP contribution in [0.3, 0.4) is 0 Å². The number of rotatable bonds is 2. The molecule has 0 fully saturated rings. The zero-order chi connectivity index (χ0) is 12.4. The number of nitrogens with zero attached hydrogens (tertiary/aromatic N) is 2. The molecule has 17 heavy (non-hydrogen) atoms. The first-order valence-electron chi connectivity index (χ1n) is 4.81. The van der Waals surface area contributed by atoms with E-state index < -0.39 is 4.92 Å². The minimum atomic E-state index is -0.494. The lowest BCUT2D eigenvalue weighted by Gasteiger charge is -2.05. The fourth-order valence-electron chi connectivity index (χ4n) is 1.45. The Hall–Kier alpha value is -2.63. The Morgan fingerprint density at radius 2 is 1.82 bits per heavy atom. The van der Waals surface area contributed by atoms with Gasteiger partial charge in [0.2, 0.25) is 0 Å². The van der Waals surface area contributed by atoms with E-state index in [0.717, 1.165) is 0 Å². The van der Waals surface area contributed by atoms with Crippen molar-refractivity contribution < 1.29 is 4.92 Å². The number of nitrogen functional groups attached to an aromatic ring is 1. The smallest absolute Gasteiger partial charge is 0.278 e. The number of nitro benzene ring substituents is 1. The first kappa shape index (κ1) is 10.9. The highest BCUT2D eigenvalue weighted by Gasteiger charge is 2.06. The molecule has 2 rings (SSSR count). The molecule has 0 atom stereocenters. The topological polar surface area (TPSA) is 91.2 Å². The lowest BCUT2D eigenvalue weighted by Crippen LogP contribution is -2.20. The van der Waals surface area contributed by atoms with E-state index in [9.17, 15) is 14.9 Å². The van der Waals surface area contributed by atoms with Gasteiger partial charge in [0.15, 0.2) is 0 Å². The minimum absolute atomic E-state index is 0.0225. The van der Waals surface area contributed by atoms with E-state index in [4.69, 9.17) is 5.73 Å². The van der Waals surface area contributed by atoms with Gasteiger partial charge in [0, 0.05) is 24.0 Å². The van der Waals surface area contributed by atoms with E-state index in [2.05, 4.69) is 0 Å². The molecule has 6 heteroatoms. The van der Waals surface area contributed by atoms with Gasteiger partial charge < -0.3 is 5.73 Å². The van der Waals surface area contributed by atoms with Gasteiger partial charge in [-0.2, -0.15) is 0 Å². The van der Waals surface area contributed by atoms with Gasteiger partial charge >= 0.3 is 0 Å². The van der Waals surface area contributed by atoms with Crippen LogP contribution >= 0.6 is 0 Å². The summed E-state index contributed by atoms with van der Waals surface area (Å²) in [7, 11) is 0. The number of aromatic nitrogens is 1. The SMILES string of the molecule is Nc1cccn(-c2ccc([N+](=O)[O-])cc2)c1=O. The molecule has 1 aromatic heterocycles. The molecule has 0 aliphatic carbocycles. The molecule has 1 aromatic carbocycles. The van der Waals surface area contributed by atoms with Gasteiger partial charge in [0.1, 0.15) is 0 Å². The average Bonchev–Trinajstić information content (AvgIpc) is 2.33. The Kier molecular flexibility index (Phi) is 2.61. The zero-order valence-corrected chi connectivity index (χ0v) is 8.74. The van der Waals surface area contributed by atoms with Crippen LogP contribution in [-0.4, -0.2) is 9.49 Å². The van der Waals surface area contributed by atoms with Crippen LogP contribution in [0.5, 0.6) is 0 Å². The second-order valence-corrected chi connectivity index (χ2v) is 3.41. The van der Waals surface area contributed by atoms with Crippen molar-refractivity contribution in [1.29, 1.82) is 0 Å². The van der Waals surface area contributed by atoms with Gasteiger partial charge in [0.05, 0.1) is 10.6 Å². The van der Waals surface area contributed by atoms with Crippen molar-refractivity contribution in [1.82, 2.24) is 4.57 Å². The minimum Gasteiger partial charge on any atom is -0.394 e. The average molecular weight is 231 g/mol. The fraction of sp³-hybridized carbons (Fsp3) is 0. The van der Waals surface area contributed by atoms with Crippen molar-refractivity contribution in [2.24, 2.45) is 0 Å². The van der Waals surface area contributed by atoms with Crippen LogP contribution in [0.4, 0.5) is 11.4 Å². The summed E-state index contributed by atoms with van der Waals surface area (Å²) < 4.78 is 1.33. The fourth-order valence-corrected chi connectivity index (χ4v) is 1.45. The number of anilines is 1. The van der Waals surface area contributed by atoms with Crippen molar-refractivity contribution in [3.8, 4) is 5.69 Å². The maximum absolute atomic E-state index is 11.7. The molecule has 0 radical (unpaired) electrons. The van der Waals surface area contributed by atoms with Crippen molar-refractivity contribution >= 4 is 11.4 Å². The largest absolute Gasteiger partial charge is 0.394 e. The van der Waals surface area contributed by atoms with E-state index in [1.54, 1.807) is 12.3 Å².